The number of carbonyl (C=O) groups excluding carboxylic acids is 1. The van der Waals surface area contributed by atoms with Crippen molar-refractivity contribution in [1.29, 1.82) is 0 Å². The summed E-state index contributed by atoms with van der Waals surface area (Å²) in [6.45, 7) is 2.13. The maximum atomic E-state index is 12.0. The van der Waals surface area contributed by atoms with Crippen molar-refractivity contribution in [2.75, 3.05) is 25.0 Å². The highest BCUT2D eigenvalue weighted by molar-refractivity contribution is 5.81. The summed E-state index contributed by atoms with van der Waals surface area (Å²) in [7, 11) is 0. The molecule has 0 saturated carbocycles. The maximum Gasteiger partial charge on any atom is 0.241 e. The number of nitrogens with zero attached hydrogens (tertiary/aromatic N) is 1. The molecule has 0 atom stereocenters. The van der Waals surface area contributed by atoms with E-state index < -0.39 is 0 Å². The van der Waals surface area contributed by atoms with E-state index in [0.717, 1.165) is 43.1 Å². The quantitative estimate of drug-likeness (QED) is 0.918. The molecule has 0 unspecified atom stereocenters. The maximum absolute atomic E-state index is 12.0. The molecule has 1 fully saturated rings. The van der Waals surface area contributed by atoms with Crippen LogP contribution >= 0.6 is 0 Å². The van der Waals surface area contributed by atoms with Crippen LogP contribution in [0.25, 0.3) is 0 Å². The summed E-state index contributed by atoms with van der Waals surface area (Å²) in [4.78, 5) is 13.9. The zero-order valence-electron chi connectivity index (χ0n) is 12.5. The van der Waals surface area contributed by atoms with Gasteiger partial charge in [0.05, 0.1) is 6.54 Å². The van der Waals surface area contributed by atoms with Crippen molar-refractivity contribution in [3.8, 4) is 11.5 Å². The van der Waals surface area contributed by atoms with Gasteiger partial charge in [-0.1, -0.05) is 18.2 Å². The zero-order valence-corrected chi connectivity index (χ0v) is 12.5. The number of hydrogen-bond acceptors (Lipinski definition) is 3. The Hall–Kier alpha value is -2.49. The molecule has 1 saturated heterocycles. The average molecular weight is 296 g/mol. The summed E-state index contributed by atoms with van der Waals surface area (Å²) in [6.07, 6.45) is 2.24. The third kappa shape index (κ3) is 3.79. The number of anilines is 1. The van der Waals surface area contributed by atoms with E-state index in [4.69, 9.17) is 4.74 Å². The summed E-state index contributed by atoms with van der Waals surface area (Å²) in [6, 6.07) is 17.3. The van der Waals surface area contributed by atoms with Gasteiger partial charge in [-0.05, 0) is 49.2 Å². The molecule has 2 aromatic carbocycles. The Labute approximate surface area is 130 Å². The minimum absolute atomic E-state index is 0.169. The fourth-order valence-corrected chi connectivity index (χ4v) is 2.52. The van der Waals surface area contributed by atoms with Crippen LogP contribution in [-0.2, 0) is 4.79 Å². The lowest BCUT2D eigenvalue weighted by atomic mass is 10.3. The number of hydrogen-bond donors (Lipinski definition) is 1. The minimum atomic E-state index is 0.169. The molecule has 0 aromatic heterocycles. The van der Waals surface area contributed by atoms with Crippen LogP contribution in [0, 0.1) is 0 Å². The molecule has 4 nitrogen and oxygen atoms in total. The molecule has 4 heteroatoms. The lowest BCUT2D eigenvalue weighted by Gasteiger charge is -2.16. The third-order valence-electron chi connectivity index (χ3n) is 3.74. The standard InChI is InChI=1S/C18H20N2O2/c21-18(20-12-4-5-13-20)14-19-15-8-10-17(11-9-15)22-16-6-2-1-3-7-16/h1-3,6-11,19H,4-5,12-14H2. The fraction of sp³-hybridized carbons (Fsp3) is 0.278. The van der Waals surface area contributed by atoms with Crippen molar-refractivity contribution >= 4 is 11.6 Å². The van der Waals surface area contributed by atoms with E-state index in [1.54, 1.807) is 0 Å². The molecular formula is C18H20N2O2. The predicted octanol–water partition coefficient (Wildman–Crippen LogP) is 3.51. The monoisotopic (exact) mass is 296 g/mol. The van der Waals surface area contributed by atoms with E-state index in [-0.39, 0.29) is 5.91 Å². The predicted molar refractivity (Wildman–Crippen MR) is 87.3 cm³/mol. The number of ether oxygens (including phenoxy) is 1. The van der Waals surface area contributed by atoms with E-state index in [9.17, 15) is 4.79 Å². The first-order valence-corrected chi connectivity index (χ1v) is 7.66. The summed E-state index contributed by atoms with van der Waals surface area (Å²) >= 11 is 0. The molecule has 1 amide bonds. The normalized spacial score (nSPS) is 13.9. The highest BCUT2D eigenvalue weighted by atomic mass is 16.5. The van der Waals surface area contributed by atoms with Crippen LogP contribution in [0.2, 0.25) is 0 Å². The number of nitrogens with one attached hydrogen (secondary N) is 1. The second-order valence-electron chi connectivity index (χ2n) is 5.38. The van der Waals surface area contributed by atoms with Crippen molar-refractivity contribution in [2.24, 2.45) is 0 Å². The molecule has 0 bridgehead atoms. The van der Waals surface area contributed by atoms with Gasteiger partial charge in [-0.25, -0.2) is 0 Å². The van der Waals surface area contributed by atoms with E-state index in [1.165, 1.54) is 0 Å². The molecular weight excluding hydrogens is 276 g/mol. The molecule has 1 aliphatic rings. The molecule has 1 aliphatic heterocycles. The van der Waals surface area contributed by atoms with E-state index in [2.05, 4.69) is 5.32 Å². The van der Waals surface area contributed by atoms with Crippen molar-refractivity contribution in [3.63, 3.8) is 0 Å². The Morgan fingerprint density at radius 2 is 1.59 bits per heavy atom. The number of para-hydroxylation sites is 1. The van der Waals surface area contributed by atoms with Crippen LogP contribution in [0.4, 0.5) is 5.69 Å². The Bertz CT molecular complexity index is 605. The van der Waals surface area contributed by atoms with Gasteiger partial charge in [-0.3, -0.25) is 4.79 Å². The minimum Gasteiger partial charge on any atom is -0.457 e. The van der Waals surface area contributed by atoms with Gasteiger partial charge in [0.1, 0.15) is 11.5 Å². The van der Waals surface area contributed by atoms with Gasteiger partial charge in [0.15, 0.2) is 0 Å². The molecule has 1 N–H and O–H groups in total. The Morgan fingerprint density at radius 3 is 2.27 bits per heavy atom. The van der Waals surface area contributed by atoms with Crippen LogP contribution in [-0.4, -0.2) is 30.4 Å². The number of carbonyl (C=O) groups is 1. The molecule has 2 aromatic rings. The Balaban J connectivity index is 1.52. The summed E-state index contributed by atoms with van der Waals surface area (Å²) in [5.74, 6) is 1.76. The second kappa shape index (κ2) is 6.98. The summed E-state index contributed by atoms with van der Waals surface area (Å²) < 4.78 is 5.74. The van der Waals surface area contributed by atoms with Crippen molar-refractivity contribution in [2.45, 2.75) is 12.8 Å². The fourth-order valence-electron chi connectivity index (χ4n) is 2.52. The van der Waals surface area contributed by atoms with Crippen LogP contribution in [0.3, 0.4) is 0 Å². The van der Waals surface area contributed by atoms with Gasteiger partial charge < -0.3 is 15.0 Å². The van der Waals surface area contributed by atoms with E-state index in [1.807, 2.05) is 59.5 Å². The zero-order chi connectivity index (χ0) is 15.2. The van der Waals surface area contributed by atoms with Gasteiger partial charge in [-0.2, -0.15) is 0 Å². The van der Waals surface area contributed by atoms with Crippen LogP contribution in [0.5, 0.6) is 11.5 Å². The van der Waals surface area contributed by atoms with Crippen molar-refractivity contribution < 1.29 is 9.53 Å². The van der Waals surface area contributed by atoms with Gasteiger partial charge >= 0.3 is 0 Å². The van der Waals surface area contributed by atoms with E-state index in [0.29, 0.717) is 6.54 Å². The van der Waals surface area contributed by atoms with Crippen molar-refractivity contribution in [1.82, 2.24) is 4.90 Å². The SMILES string of the molecule is O=C(CNc1ccc(Oc2ccccc2)cc1)N1CCCC1. The number of benzene rings is 2. The molecule has 0 radical (unpaired) electrons. The van der Waals surface area contributed by atoms with Crippen LogP contribution in [0.1, 0.15) is 12.8 Å². The van der Waals surface area contributed by atoms with Crippen molar-refractivity contribution in [3.05, 3.63) is 54.6 Å². The number of rotatable bonds is 5. The highest BCUT2D eigenvalue weighted by Crippen LogP contribution is 2.22. The average Bonchev–Trinajstić information content (AvgIpc) is 3.09. The molecule has 0 spiro atoms. The van der Waals surface area contributed by atoms with Crippen LogP contribution in [0.15, 0.2) is 54.6 Å². The highest BCUT2D eigenvalue weighted by Gasteiger charge is 2.17. The third-order valence-corrected chi connectivity index (χ3v) is 3.74. The van der Waals surface area contributed by atoms with Gasteiger partial charge in [0.25, 0.3) is 0 Å². The number of amides is 1. The van der Waals surface area contributed by atoms with Gasteiger partial charge in [-0.15, -0.1) is 0 Å². The number of likely N-dealkylation sites (tertiary alicyclic amines) is 1. The first kappa shape index (κ1) is 14.4. The summed E-state index contributed by atoms with van der Waals surface area (Å²) in [5.41, 5.74) is 0.924. The Kier molecular flexibility index (Phi) is 4.59. The lowest BCUT2D eigenvalue weighted by Crippen LogP contribution is -2.32. The second-order valence-corrected chi connectivity index (χ2v) is 5.38. The first-order valence-electron chi connectivity index (χ1n) is 7.66. The smallest absolute Gasteiger partial charge is 0.241 e. The first-order chi connectivity index (χ1) is 10.8. The molecule has 3 rings (SSSR count). The Morgan fingerprint density at radius 1 is 0.955 bits per heavy atom. The molecule has 1 heterocycles. The largest absolute Gasteiger partial charge is 0.457 e. The summed E-state index contributed by atoms with van der Waals surface area (Å²) in [5, 5.41) is 3.17. The topological polar surface area (TPSA) is 41.6 Å². The molecule has 114 valence electrons. The lowest BCUT2D eigenvalue weighted by molar-refractivity contribution is -0.128. The van der Waals surface area contributed by atoms with Crippen LogP contribution < -0.4 is 10.1 Å². The van der Waals surface area contributed by atoms with E-state index >= 15 is 0 Å². The molecule has 0 aliphatic carbocycles. The molecule has 22 heavy (non-hydrogen) atoms. The van der Waals surface area contributed by atoms with Gasteiger partial charge in [0, 0.05) is 18.8 Å². The van der Waals surface area contributed by atoms with Gasteiger partial charge in [0.2, 0.25) is 5.91 Å².